The van der Waals surface area contributed by atoms with Crippen molar-refractivity contribution in [3.63, 3.8) is 0 Å². The summed E-state index contributed by atoms with van der Waals surface area (Å²) in [5, 5.41) is 6.59. The number of amides is 2. The van der Waals surface area contributed by atoms with E-state index in [1.165, 1.54) is 14.6 Å². The summed E-state index contributed by atoms with van der Waals surface area (Å²) in [6.45, 7) is 4.88. The van der Waals surface area contributed by atoms with Crippen molar-refractivity contribution >= 4 is 33.4 Å². The van der Waals surface area contributed by atoms with Crippen molar-refractivity contribution in [2.45, 2.75) is 25.7 Å². The van der Waals surface area contributed by atoms with Crippen LogP contribution in [-0.2, 0) is 9.59 Å². The Morgan fingerprint density at radius 3 is 2.68 bits per heavy atom. The Balaban J connectivity index is 1.45. The highest BCUT2D eigenvalue weighted by atomic mass is 32.1. The first-order chi connectivity index (χ1) is 12.2. The predicted octanol–water partition coefficient (Wildman–Crippen LogP) is 0.311. The number of benzene rings is 1. The highest BCUT2D eigenvalue weighted by molar-refractivity contribution is 7.18. The molecule has 0 aliphatic carbocycles. The number of fused-ring (bicyclic) bond motifs is 1. The van der Waals surface area contributed by atoms with Crippen LogP contribution >= 0.6 is 11.3 Å². The van der Waals surface area contributed by atoms with Crippen LogP contribution in [0.25, 0.3) is 10.2 Å². The number of nitrogens with one attached hydrogen (secondary N) is 3. The molecule has 0 unspecified atom stereocenters. The molecule has 1 saturated heterocycles. The van der Waals surface area contributed by atoms with E-state index >= 15 is 0 Å². The molecule has 1 aromatic carbocycles. The van der Waals surface area contributed by atoms with Gasteiger partial charge in [0.25, 0.3) is 5.91 Å². The number of hydrogen-bond donors (Lipinski definition) is 3. The minimum Gasteiger partial charge on any atom is -0.355 e. The largest absolute Gasteiger partial charge is 0.355 e. The molecule has 1 aliphatic heterocycles. The second-order valence-electron chi connectivity index (χ2n) is 6.45. The predicted molar refractivity (Wildman–Crippen MR) is 98.9 cm³/mol. The van der Waals surface area contributed by atoms with E-state index in [4.69, 9.17) is 4.98 Å². The summed E-state index contributed by atoms with van der Waals surface area (Å²) in [5.74, 6) is 0.305. The number of aromatic nitrogens is 1. The molecule has 0 bridgehead atoms. The molecule has 1 aromatic heterocycles. The second-order valence-corrected chi connectivity index (χ2v) is 7.51. The molecule has 6 nitrogen and oxygen atoms in total. The quantitative estimate of drug-likeness (QED) is 0.693. The molecule has 2 amide bonds. The number of carbonyl (C=O) groups excluding carboxylic acids is 2. The molecule has 3 N–H and O–H groups in total. The molecule has 1 aliphatic rings. The van der Waals surface area contributed by atoms with Crippen LogP contribution < -0.4 is 15.5 Å². The van der Waals surface area contributed by atoms with Gasteiger partial charge in [-0.1, -0.05) is 12.1 Å². The van der Waals surface area contributed by atoms with Gasteiger partial charge in [-0.25, -0.2) is 4.98 Å². The molecule has 0 atom stereocenters. The highest BCUT2D eigenvalue weighted by Gasteiger charge is 2.27. The Hall–Kier alpha value is -1.99. The number of hydrogen-bond acceptors (Lipinski definition) is 4. The van der Waals surface area contributed by atoms with Crippen LogP contribution in [0, 0.1) is 0 Å². The number of quaternary nitrogens is 1. The van der Waals surface area contributed by atoms with Crippen molar-refractivity contribution in [2.75, 3.05) is 32.7 Å². The van der Waals surface area contributed by atoms with Gasteiger partial charge in [-0.05, 0) is 19.1 Å². The molecule has 7 heteroatoms. The van der Waals surface area contributed by atoms with Crippen LogP contribution in [0.5, 0.6) is 0 Å². The molecule has 0 saturated carbocycles. The first-order valence-corrected chi connectivity index (χ1v) is 9.69. The summed E-state index contributed by atoms with van der Waals surface area (Å²) in [6.07, 6.45) is 2.11. The van der Waals surface area contributed by atoms with Gasteiger partial charge in [0.1, 0.15) is 0 Å². The maximum Gasteiger partial charge on any atom is 0.275 e. The summed E-state index contributed by atoms with van der Waals surface area (Å²) in [7, 11) is 0. The normalized spacial score (nSPS) is 20.4. The number of carbonyl (C=O) groups is 2. The lowest BCUT2D eigenvalue weighted by molar-refractivity contribution is -0.897. The van der Waals surface area contributed by atoms with Crippen LogP contribution in [-0.4, -0.2) is 49.5 Å². The lowest BCUT2D eigenvalue weighted by atomic mass is 9.97. The molecule has 3 rings (SSSR count). The Morgan fingerprint density at radius 2 is 1.96 bits per heavy atom. The number of piperidine rings is 1. The Kier molecular flexibility index (Phi) is 5.99. The van der Waals surface area contributed by atoms with E-state index in [0.29, 0.717) is 19.0 Å². The van der Waals surface area contributed by atoms with Crippen LogP contribution in [0.2, 0.25) is 0 Å². The molecule has 0 spiro atoms. The molecule has 2 heterocycles. The van der Waals surface area contributed by atoms with Crippen molar-refractivity contribution in [1.29, 1.82) is 0 Å². The van der Waals surface area contributed by atoms with Crippen LogP contribution in [0.3, 0.4) is 0 Å². The van der Waals surface area contributed by atoms with Gasteiger partial charge < -0.3 is 15.5 Å². The van der Waals surface area contributed by atoms with E-state index in [0.717, 1.165) is 31.4 Å². The van der Waals surface area contributed by atoms with Gasteiger partial charge in [-0.2, -0.15) is 0 Å². The van der Waals surface area contributed by atoms with E-state index in [1.54, 1.807) is 11.3 Å². The maximum atomic E-state index is 12.0. The molecule has 2 aromatic rings. The van der Waals surface area contributed by atoms with Crippen LogP contribution in [0.4, 0.5) is 0 Å². The minimum absolute atomic E-state index is 0.0558. The topological polar surface area (TPSA) is 75.5 Å². The summed E-state index contributed by atoms with van der Waals surface area (Å²) < 4.78 is 1.25. The number of rotatable bonds is 6. The number of likely N-dealkylation sites (tertiary alicyclic amines) is 1. The Morgan fingerprint density at radius 1 is 1.20 bits per heavy atom. The molecule has 25 heavy (non-hydrogen) atoms. The smallest absolute Gasteiger partial charge is 0.275 e. The lowest BCUT2D eigenvalue weighted by Crippen LogP contribution is -3.14. The molecule has 134 valence electrons. The third-order valence-corrected chi connectivity index (χ3v) is 5.78. The van der Waals surface area contributed by atoms with Gasteiger partial charge in [0, 0.05) is 25.3 Å². The third-order valence-electron chi connectivity index (χ3n) is 4.58. The number of thiazole rings is 1. The first-order valence-electron chi connectivity index (χ1n) is 8.88. The fourth-order valence-electron chi connectivity index (χ4n) is 3.24. The van der Waals surface area contributed by atoms with Gasteiger partial charge in [0.2, 0.25) is 5.91 Å². The van der Waals surface area contributed by atoms with Gasteiger partial charge >= 0.3 is 0 Å². The standard InChI is InChI=1S/C18H24N4O2S/c1-2-19-16(23)11-20-17(24)12-22-9-7-13(8-10-22)18-21-14-5-3-4-6-15(14)25-18/h3-6,13H,2,7-12H2,1H3,(H,19,23)(H,20,24)/p+1. The summed E-state index contributed by atoms with van der Waals surface area (Å²) >= 11 is 1.79. The van der Waals surface area contributed by atoms with E-state index in [2.05, 4.69) is 28.8 Å². The Labute approximate surface area is 151 Å². The summed E-state index contributed by atoms with van der Waals surface area (Å²) in [4.78, 5) is 29.4. The zero-order chi connectivity index (χ0) is 17.6. The van der Waals surface area contributed by atoms with E-state index < -0.39 is 0 Å². The number of para-hydroxylation sites is 1. The summed E-state index contributed by atoms with van der Waals surface area (Å²) in [6, 6.07) is 8.26. The third kappa shape index (κ3) is 4.76. The molecule has 1 fully saturated rings. The van der Waals surface area contributed by atoms with Gasteiger partial charge in [0.05, 0.1) is 34.9 Å². The maximum absolute atomic E-state index is 12.0. The lowest BCUT2D eigenvalue weighted by Gasteiger charge is -2.27. The fourth-order valence-corrected chi connectivity index (χ4v) is 4.38. The zero-order valence-corrected chi connectivity index (χ0v) is 15.3. The minimum atomic E-state index is -0.139. The average Bonchev–Trinajstić information content (AvgIpc) is 3.05. The van der Waals surface area contributed by atoms with Crippen molar-refractivity contribution < 1.29 is 14.5 Å². The second kappa shape index (κ2) is 8.40. The first kappa shape index (κ1) is 17.8. The van der Waals surface area contributed by atoms with Crippen LogP contribution in [0.15, 0.2) is 24.3 Å². The monoisotopic (exact) mass is 361 g/mol. The van der Waals surface area contributed by atoms with E-state index in [1.807, 2.05) is 13.0 Å². The Bertz CT molecular complexity index is 705. The number of likely N-dealkylation sites (N-methyl/N-ethyl adjacent to an activating group) is 1. The van der Waals surface area contributed by atoms with Crippen molar-refractivity contribution in [1.82, 2.24) is 15.6 Å². The van der Waals surface area contributed by atoms with Gasteiger partial charge in [-0.15, -0.1) is 11.3 Å². The highest BCUT2D eigenvalue weighted by Crippen LogP contribution is 2.31. The molecular weight excluding hydrogens is 336 g/mol. The van der Waals surface area contributed by atoms with Gasteiger partial charge in [-0.3, -0.25) is 9.59 Å². The van der Waals surface area contributed by atoms with Crippen molar-refractivity contribution in [2.24, 2.45) is 0 Å². The fraction of sp³-hybridized carbons (Fsp3) is 0.500. The average molecular weight is 361 g/mol. The van der Waals surface area contributed by atoms with E-state index in [-0.39, 0.29) is 18.4 Å². The van der Waals surface area contributed by atoms with Crippen molar-refractivity contribution in [3.05, 3.63) is 29.3 Å². The van der Waals surface area contributed by atoms with Gasteiger partial charge in [0.15, 0.2) is 6.54 Å². The van der Waals surface area contributed by atoms with Crippen molar-refractivity contribution in [3.8, 4) is 0 Å². The summed E-state index contributed by atoms with van der Waals surface area (Å²) in [5.41, 5.74) is 1.09. The molecule has 0 radical (unpaired) electrons. The molecular formula is C18H25N4O2S+. The zero-order valence-electron chi connectivity index (χ0n) is 14.5. The van der Waals surface area contributed by atoms with E-state index in [9.17, 15) is 9.59 Å². The van der Waals surface area contributed by atoms with Crippen LogP contribution in [0.1, 0.15) is 30.7 Å². The SMILES string of the molecule is CCNC(=O)CNC(=O)C[NH+]1CCC(c2nc3ccccc3s2)CC1. The number of nitrogens with zero attached hydrogens (tertiary/aromatic N) is 1.